The molecule has 4 heteroatoms. The van der Waals surface area contributed by atoms with Crippen LogP contribution in [-0.2, 0) is 22.3 Å². The third-order valence-corrected chi connectivity index (χ3v) is 3.75. The highest BCUT2D eigenvalue weighted by atomic mass is 16.5. The van der Waals surface area contributed by atoms with Gasteiger partial charge in [0, 0.05) is 25.4 Å². The molecule has 23 heavy (non-hydrogen) atoms. The van der Waals surface area contributed by atoms with Crippen molar-refractivity contribution in [3.05, 3.63) is 65.0 Å². The summed E-state index contributed by atoms with van der Waals surface area (Å²) < 4.78 is 10.6. The summed E-state index contributed by atoms with van der Waals surface area (Å²) >= 11 is 0. The Labute approximate surface area is 137 Å². The first kappa shape index (κ1) is 17.2. The Hall–Kier alpha value is -2.20. The third-order valence-electron chi connectivity index (χ3n) is 3.75. The molecule has 0 radical (unpaired) electrons. The number of aryl methyl sites for hydroxylation is 1. The monoisotopic (exact) mass is 313 g/mol. The summed E-state index contributed by atoms with van der Waals surface area (Å²) in [7, 11) is 1.72. The lowest BCUT2D eigenvalue weighted by Gasteiger charge is -2.16. The van der Waals surface area contributed by atoms with Gasteiger partial charge in [0.2, 0.25) is 0 Å². The van der Waals surface area contributed by atoms with Crippen molar-refractivity contribution in [2.75, 3.05) is 13.7 Å². The van der Waals surface area contributed by atoms with Crippen molar-refractivity contribution in [2.24, 2.45) is 0 Å². The topological polar surface area (TPSA) is 48.4 Å². The minimum atomic E-state index is -0.270. The molecular formula is C19H23NO3. The highest BCUT2D eigenvalue weighted by Gasteiger charge is 2.14. The molecule has 1 unspecified atom stereocenters. The first-order valence-electron chi connectivity index (χ1n) is 7.83. The molecule has 0 spiro atoms. The smallest absolute Gasteiger partial charge is 0.338 e. The van der Waals surface area contributed by atoms with Gasteiger partial charge in [0.15, 0.2) is 0 Å². The van der Waals surface area contributed by atoms with Gasteiger partial charge in [-0.25, -0.2) is 4.79 Å². The molecule has 0 amide bonds. The summed E-state index contributed by atoms with van der Waals surface area (Å²) in [5.41, 5.74) is 3.69. The van der Waals surface area contributed by atoms with Crippen molar-refractivity contribution in [3.63, 3.8) is 0 Å². The van der Waals surface area contributed by atoms with Crippen LogP contribution in [0.2, 0.25) is 0 Å². The standard InChI is InChI=1S/C19H23NO3/c1-4-23-19(21)18-9-8-15(11-14(18)2)12-17(22-3)13-16-7-5-6-10-20-16/h5-11,17H,4,12-13H2,1-3H3. The van der Waals surface area contributed by atoms with Crippen molar-refractivity contribution in [3.8, 4) is 0 Å². The minimum absolute atomic E-state index is 0.0535. The fourth-order valence-electron chi connectivity index (χ4n) is 2.54. The zero-order valence-corrected chi connectivity index (χ0v) is 13.9. The number of carbonyl (C=O) groups is 1. The van der Waals surface area contributed by atoms with E-state index in [-0.39, 0.29) is 12.1 Å². The number of carbonyl (C=O) groups excluding carboxylic acids is 1. The van der Waals surface area contributed by atoms with E-state index in [1.807, 2.05) is 50.2 Å². The molecule has 1 aromatic heterocycles. The van der Waals surface area contributed by atoms with Gasteiger partial charge < -0.3 is 9.47 Å². The van der Waals surface area contributed by atoms with Crippen LogP contribution >= 0.6 is 0 Å². The molecule has 2 aromatic rings. The lowest BCUT2D eigenvalue weighted by Crippen LogP contribution is -2.18. The van der Waals surface area contributed by atoms with Crippen molar-refractivity contribution in [1.82, 2.24) is 4.98 Å². The molecule has 2 rings (SSSR count). The number of methoxy groups -OCH3 is 1. The number of hydrogen-bond donors (Lipinski definition) is 0. The number of rotatable bonds is 7. The highest BCUT2D eigenvalue weighted by molar-refractivity contribution is 5.91. The van der Waals surface area contributed by atoms with Crippen LogP contribution in [0.25, 0.3) is 0 Å². The number of ether oxygens (including phenoxy) is 2. The van der Waals surface area contributed by atoms with Crippen LogP contribution in [0.1, 0.15) is 34.1 Å². The quantitative estimate of drug-likeness (QED) is 0.735. The minimum Gasteiger partial charge on any atom is -0.462 e. The second kappa shape index (κ2) is 8.44. The second-order valence-corrected chi connectivity index (χ2v) is 5.46. The van der Waals surface area contributed by atoms with Gasteiger partial charge in [-0.3, -0.25) is 4.98 Å². The lowest BCUT2D eigenvalue weighted by molar-refractivity contribution is 0.0525. The predicted molar refractivity (Wildman–Crippen MR) is 89.6 cm³/mol. The summed E-state index contributed by atoms with van der Waals surface area (Å²) in [5.74, 6) is -0.270. The summed E-state index contributed by atoms with van der Waals surface area (Å²) in [5, 5.41) is 0. The van der Waals surface area contributed by atoms with E-state index >= 15 is 0 Å². The lowest BCUT2D eigenvalue weighted by atomic mass is 9.99. The highest BCUT2D eigenvalue weighted by Crippen LogP contribution is 2.16. The molecule has 1 heterocycles. The summed E-state index contributed by atoms with van der Waals surface area (Å²) in [6, 6.07) is 11.7. The van der Waals surface area contributed by atoms with E-state index in [0.29, 0.717) is 12.2 Å². The number of nitrogens with zero attached hydrogens (tertiary/aromatic N) is 1. The average molecular weight is 313 g/mol. The van der Waals surface area contributed by atoms with Crippen LogP contribution in [0.5, 0.6) is 0 Å². The van der Waals surface area contributed by atoms with Crippen molar-refractivity contribution in [2.45, 2.75) is 32.8 Å². The number of pyridine rings is 1. The fraction of sp³-hybridized carbons (Fsp3) is 0.368. The zero-order valence-electron chi connectivity index (χ0n) is 13.9. The van der Waals surface area contributed by atoms with Crippen LogP contribution < -0.4 is 0 Å². The first-order chi connectivity index (χ1) is 11.1. The van der Waals surface area contributed by atoms with Gasteiger partial charge in [0.05, 0.1) is 18.3 Å². The van der Waals surface area contributed by atoms with Gasteiger partial charge in [-0.05, 0) is 49.6 Å². The van der Waals surface area contributed by atoms with E-state index in [2.05, 4.69) is 4.98 Å². The van der Waals surface area contributed by atoms with Crippen molar-refractivity contribution < 1.29 is 14.3 Å². The van der Waals surface area contributed by atoms with Gasteiger partial charge >= 0.3 is 5.97 Å². The molecule has 0 fully saturated rings. The van der Waals surface area contributed by atoms with Crippen molar-refractivity contribution >= 4 is 5.97 Å². The Kier molecular flexibility index (Phi) is 6.29. The van der Waals surface area contributed by atoms with Gasteiger partial charge in [-0.15, -0.1) is 0 Å². The number of benzene rings is 1. The predicted octanol–water partition coefficient (Wildman–Crippen LogP) is 3.37. The average Bonchev–Trinajstić information content (AvgIpc) is 2.55. The van der Waals surface area contributed by atoms with E-state index in [0.717, 1.165) is 29.7 Å². The Balaban J connectivity index is 2.06. The summed E-state index contributed by atoms with van der Waals surface area (Å²) in [4.78, 5) is 16.2. The molecule has 0 bridgehead atoms. The number of hydrogen-bond acceptors (Lipinski definition) is 4. The first-order valence-corrected chi connectivity index (χ1v) is 7.83. The van der Waals surface area contributed by atoms with Crippen LogP contribution in [0.4, 0.5) is 0 Å². The van der Waals surface area contributed by atoms with Gasteiger partial charge in [-0.1, -0.05) is 18.2 Å². The van der Waals surface area contributed by atoms with E-state index in [9.17, 15) is 4.79 Å². The maximum Gasteiger partial charge on any atom is 0.338 e. The van der Waals surface area contributed by atoms with Gasteiger partial charge in [0.1, 0.15) is 0 Å². The van der Waals surface area contributed by atoms with Crippen LogP contribution in [0, 0.1) is 6.92 Å². The van der Waals surface area contributed by atoms with E-state index in [1.165, 1.54) is 0 Å². The molecule has 0 N–H and O–H groups in total. The molecule has 1 atom stereocenters. The largest absolute Gasteiger partial charge is 0.462 e. The van der Waals surface area contributed by atoms with Gasteiger partial charge in [0.25, 0.3) is 0 Å². The maximum atomic E-state index is 11.8. The Morgan fingerprint density at radius 3 is 2.65 bits per heavy atom. The van der Waals surface area contributed by atoms with Gasteiger partial charge in [-0.2, -0.15) is 0 Å². The second-order valence-electron chi connectivity index (χ2n) is 5.46. The Bertz CT molecular complexity index is 640. The molecule has 122 valence electrons. The molecule has 0 aliphatic heterocycles. The normalized spacial score (nSPS) is 12.0. The molecule has 1 aromatic carbocycles. The number of aromatic nitrogens is 1. The molecular weight excluding hydrogens is 290 g/mol. The fourth-order valence-corrected chi connectivity index (χ4v) is 2.54. The van der Waals surface area contributed by atoms with Crippen LogP contribution in [0.15, 0.2) is 42.6 Å². The molecule has 4 nitrogen and oxygen atoms in total. The molecule has 0 saturated heterocycles. The SMILES string of the molecule is CCOC(=O)c1ccc(CC(Cc2ccccn2)OC)cc1C. The molecule has 0 aliphatic carbocycles. The molecule has 0 aliphatic rings. The summed E-state index contributed by atoms with van der Waals surface area (Å²) in [6.07, 6.45) is 3.38. The van der Waals surface area contributed by atoms with Crippen LogP contribution in [0.3, 0.4) is 0 Å². The van der Waals surface area contributed by atoms with E-state index in [1.54, 1.807) is 13.3 Å². The molecule has 0 saturated carbocycles. The van der Waals surface area contributed by atoms with E-state index < -0.39 is 0 Å². The zero-order chi connectivity index (χ0) is 16.7. The maximum absolute atomic E-state index is 11.8. The number of esters is 1. The Morgan fingerprint density at radius 1 is 1.22 bits per heavy atom. The Morgan fingerprint density at radius 2 is 2.04 bits per heavy atom. The third kappa shape index (κ3) is 4.89. The van der Waals surface area contributed by atoms with E-state index in [4.69, 9.17) is 9.47 Å². The van der Waals surface area contributed by atoms with Crippen LogP contribution in [-0.4, -0.2) is 30.8 Å². The summed E-state index contributed by atoms with van der Waals surface area (Å²) in [6.45, 7) is 4.12. The van der Waals surface area contributed by atoms with Crippen molar-refractivity contribution in [1.29, 1.82) is 0 Å².